The molecule has 0 fully saturated rings. The zero-order valence-corrected chi connectivity index (χ0v) is 55.4. The van der Waals surface area contributed by atoms with Gasteiger partial charge in [-0.25, -0.2) is 29.9 Å². The molecular formula is C90H56N8S2. The Morgan fingerprint density at radius 3 is 0.910 bits per heavy atom. The van der Waals surface area contributed by atoms with E-state index < -0.39 is 0 Å². The van der Waals surface area contributed by atoms with Crippen LogP contribution in [0.2, 0.25) is 0 Å². The van der Waals surface area contributed by atoms with Crippen molar-refractivity contribution in [3.8, 4) is 102 Å². The first kappa shape index (κ1) is 58.5. The van der Waals surface area contributed by atoms with E-state index in [1.54, 1.807) is 0 Å². The number of benzene rings is 14. The molecular weight excluding hydrogens is 1260 g/mol. The molecule has 0 radical (unpaired) electrons. The second kappa shape index (κ2) is 24.7. The largest absolute Gasteiger partial charge is 0.309 e. The Kier molecular flexibility index (Phi) is 14.4. The van der Waals surface area contributed by atoms with Gasteiger partial charge in [0.05, 0.1) is 22.1 Å². The lowest BCUT2D eigenvalue weighted by Gasteiger charge is -2.12. The maximum absolute atomic E-state index is 5.08. The predicted molar refractivity (Wildman–Crippen MR) is 418 cm³/mol. The van der Waals surface area contributed by atoms with Crippen molar-refractivity contribution in [2.75, 3.05) is 0 Å². The molecule has 0 atom stereocenters. The molecule has 100 heavy (non-hydrogen) atoms. The summed E-state index contributed by atoms with van der Waals surface area (Å²) in [7, 11) is 0. The van der Waals surface area contributed by atoms with Crippen molar-refractivity contribution in [2.24, 2.45) is 0 Å². The van der Waals surface area contributed by atoms with Crippen molar-refractivity contribution in [3.05, 3.63) is 340 Å². The fourth-order valence-electron chi connectivity index (χ4n) is 14.2. The summed E-state index contributed by atoms with van der Waals surface area (Å²) < 4.78 is 10.0. The number of rotatable bonds is 10. The molecule has 6 aromatic heterocycles. The molecule has 468 valence electrons. The van der Waals surface area contributed by atoms with Gasteiger partial charge < -0.3 is 9.13 Å². The van der Waals surface area contributed by atoms with Gasteiger partial charge in [-0.3, -0.25) is 0 Å². The predicted octanol–water partition coefficient (Wildman–Crippen LogP) is 24.0. The van der Waals surface area contributed by atoms with Gasteiger partial charge >= 0.3 is 0 Å². The number of hydrogen-bond donors (Lipinski definition) is 0. The highest BCUT2D eigenvalue weighted by atomic mass is 32.1. The molecule has 0 aliphatic carbocycles. The Morgan fingerprint density at radius 2 is 0.490 bits per heavy atom. The van der Waals surface area contributed by atoms with Crippen molar-refractivity contribution >= 4 is 107 Å². The van der Waals surface area contributed by atoms with E-state index in [2.05, 4.69) is 276 Å². The first-order chi connectivity index (χ1) is 49.6. The normalized spacial score (nSPS) is 11.6. The van der Waals surface area contributed by atoms with Gasteiger partial charge in [0.1, 0.15) is 0 Å². The first-order valence-corrected chi connectivity index (χ1v) is 35.0. The Morgan fingerprint density at radius 1 is 0.190 bits per heavy atom. The van der Waals surface area contributed by atoms with E-state index in [1.165, 1.54) is 95.1 Å². The molecule has 0 bridgehead atoms. The van der Waals surface area contributed by atoms with Gasteiger partial charge in [-0.05, 0) is 95.1 Å². The summed E-state index contributed by atoms with van der Waals surface area (Å²) in [6, 6.07) is 119. The highest BCUT2D eigenvalue weighted by Gasteiger charge is 2.22. The van der Waals surface area contributed by atoms with Crippen molar-refractivity contribution in [1.29, 1.82) is 0 Å². The molecule has 0 saturated heterocycles. The van der Waals surface area contributed by atoms with Gasteiger partial charge in [0, 0.05) is 107 Å². The van der Waals surface area contributed by atoms with E-state index in [9.17, 15) is 0 Å². The first-order valence-electron chi connectivity index (χ1n) is 33.4. The summed E-state index contributed by atoms with van der Waals surface area (Å²) in [4.78, 5) is 30.1. The maximum Gasteiger partial charge on any atom is 0.164 e. The SMILES string of the molecule is c1ccc(-c2ccc(-c3nc(-c4ccccc4)nc(-c4ccc(-n5c6ccccc6c6c7sc8ccccc8c7ccc65)cc4)n3)cc2)cc1.c1ccc(-c2ccc(-c3nc(-c4ccccc4)nc(-c4cccc(-n5c6ccccc6c6c7sc8ccccc8c7ccc65)c4)n3)cc2)cc1. The smallest absolute Gasteiger partial charge is 0.164 e. The van der Waals surface area contributed by atoms with Crippen LogP contribution >= 0.6 is 22.7 Å². The van der Waals surface area contributed by atoms with Crippen LogP contribution < -0.4 is 0 Å². The van der Waals surface area contributed by atoms with E-state index in [0.29, 0.717) is 34.9 Å². The summed E-state index contributed by atoms with van der Waals surface area (Å²) in [6.07, 6.45) is 0. The average Bonchev–Trinajstić information content (AvgIpc) is 1.57. The van der Waals surface area contributed by atoms with Crippen molar-refractivity contribution in [1.82, 2.24) is 39.0 Å². The third kappa shape index (κ3) is 10.4. The van der Waals surface area contributed by atoms with Crippen molar-refractivity contribution < 1.29 is 0 Å². The molecule has 0 spiro atoms. The van der Waals surface area contributed by atoms with Crippen LogP contribution in [0.4, 0.5) is 0 Å². The fourth-order valence-corrected chi connectivity index (χ4v) is 16.7. The van der Waals surface area contributed by atoms with Crippen molar-refractivity contribution in [2.45, 2.75) is 0 Å². The lowest BCUT2D eigenvalue weighted by Crippen LogP contribution is -2.01. The highest BCUT2D eigenvalue weighted by Crippen LogP contribution is 2.46. The summed E-state index contributed by atoms with van der Waals surface area (Å²) in [5, 5.41) is 10.3. The molecule has 8 nitrogen and oxygen atoms in total. The van der Waals surface area contributed by atoms with Crippen LogP contribution in [-0.2, 0) is 0 Å². The standard InChI is InChI=1S/2C45H28N4S/c1-3-12-29(13-4-1)30-22-24-32(25-23-30)44-46-43(31-14-5-2-6-15-31)47-45(48-44)33-16-11-17-34(28-33)49-38-20-9-7-19-37(38)41-39(49)27-26-36-35-18-8-10-21-40(35)50-42(36)41;1-3-11-29(12-4-1)30-19-21-32(22-20-30)44-46-43(31-13-5-2-6-14-31)47-45(48-44)33-23-25-34(26-24-33)49-38-17-9-7-16-37(38)41-39(49)28-27-36-35-15-8-10-18-40(35)50-42(36)41/h2*1-28H. The number of aromatic nitrogens is 8. The molecule has 0 N–H and O–H groups in total. The van der Waals surface area contributed by atoms with E-state index >= 15 is 0 Å². The van der Waals surface area contributed by atoms with Gasteiger partial charge in [0.2, 0.25) is 0 Å². The molecule has 0 aliphatic rings. The summed E-state index contributed by atoms with van der Waals surface area (Å²) >= 11 is 3.75. The minimum absolute atomic E-state index is 0.635. The van der Waals surface area contributed by atoms with E-state index in [1.807, 2.05) is 95.5 Å². The van der Waals surface area contributed by atoms with E-state index in [-0.39, 0.29) is 0 Å². The van der Waals surface area contributed by atoms with Gasteiger partial charge in [-0.1, -0.05) is 267 Å². The molecule has 20 rings (SSSR count). The Bertz CT molecular complexity index is 6480. The molecule has 14 aromatic carbocycles. The second-order valence-electron chi connectivity index (χ2n) is 24.9. The lowest BCUT2D eigenvalue weighted by atomic mass is 10.0. The fraction of sp³-hybridized carbons (Fsp3) is 0. The van der Waals surface area contributed by atoms with Crippen LogP contribution in [0.1, 0.15) is 0 Å². The molecule has 0 saturated carbocycles. The molecule has 6 heterocycles. The Labute approximate surface area is 583 Å². The maximum atomic E-state index is 5.08. The summed E-state index contributed by atoms with van der Waals surface area (Å²) in [6.45, 7) is 0. The molecule has 0 unspecified atom stereocenters. The minimum Gasteiger partial charge on any atom is -0.309 e. The molecule has 0 amide bonds. The topological polar surface area (TPSA) is 87.2 Å². The Hall–Kier alpha value is -12.9. The number of nitrogens with zero attached hydrogens (tertiary/aromatic N) is 8. The second-order valence-corrected chi connectivity index (χ2v) is 27.0. The molecule has 20 aromatic rings. The number of hydrogen-bond acceptors (Lipinski definition) is 8. The molecule has 0 aliphatic heterocycles. The van der Waals surface area contributed by atoms with Gasteiger partial charge in [0.15, 0.2) is 34.9 Å². The zero-order chi connectivity index (χ0) is 66.0. The van der Waals surface area contributed by atoms with Crippen LogP contribution in [-0.4, -0.2) is 39.0 Å². The van der Waals surface area contributed by atoms with Gasteiger partial charge in [-0.15, -0.1) is 22.7 Å². The third-order valence-corrected chi connectivity index (χ3v) is 21.3. The minimum atomic E-state index is 0.635. The number of fused-ring (bicyclic) bond motifs is 14. The van der Waals surface area contributed by atoms with Gasteiger partial charge in [-0.2, -0.15) is 0 Å². The summed E-state index contributed by atoms with van der Waals surface area (Å²) in [5.74, 6) is 3.86. The quantitative estimate of drug-likeness (QED) is 0.136. The van der Waals surface area contributed by atoms with Crippen LogP contribution in [0.25, 0.3) is 186 Å². The van der Waals surface area contributed by atoms with Gasteiger partial charge in [0.25, 0.3) is 0 Å². The van der Waals surface area contributed by atoms with Crippen LogP contribution in [0.5, 0.6) is 0 Å². The number of para-hydroxylation sites is 2. The number of thiophene rings is 2. The van der Waals surface area contributed by atoms with E-state index in [4.69, 9.17) is 29.9 Å². The average molecular weight is 1310 g/mol. The molecule has 10 heteroatoms. The summed E-state index contributed by atoms with van der Waals surface area (Å²) in [5.41, 5.74) is 17.2. The highest BCUT2D eigenvalue weighted by molar-refractivity contribution is 7.27. The third-order valence-electron chi connectivity index (χ3n) is 18.9. The van der Waals surface area contributed by atoms with Crippen LogP contribution in [0.3, 0.4) is 0 Å². The zero-order valence-electron chi connectivity index (χ0n) is 53.7. The van der Waals surface area contributed by atoms with Crippen LogP contribution in [0, 0.1) is 0 Å². The van der Waals surface area contributed by atoms with E-state index in [0.717, 1.165) is 55.9 Å². The lowest BCUT2D eigenvalue weighted by molar-refractivity contribution is 1.07. The monoisotopic (exact) mass is 1310 g/mol. The van der Waals surface area contributed by atoms with Crippen LogP contribution in [0.15, 0.2) is 340 Å². The van der Waals surface area contributed by atoms with Crippen molar-refractivity contribution in [3.63, 3.8) is 0 Å². The Balaban J connectivity index is 0.000000139.